The minimum Gasteiger partial charge on any atom is -0.481 e. The first-order valence-electron chi connectivity index (χ1n) is 5.92. The summed E-state index contributed by atoms with van der Waals surface area (Å²) in [5.74, 6) is -1.35. The molecule has 0 heterocycles. The first kappa shape index (κ1) is 15.4. The summed E-state index contributed by atoms with van der Waals surface area (Å²) in [6.07, 6.45) is 0.398. The molecular formula is C12H15N3O5. The van der Waals surface area contributed by atoms with Gasteiger partial charge in [-0.3, -0.25) is 19.7 Å². The second kappa shape index (κ2) is 7.07. The van der Waals surface area contributed by atoms with Gasteiger partial charge in [-0.2, -0.15) is 0 Å². The van der Waals surface area contributed by atoms with Crippen LogP contribution < -0.4 is 10.6 Å². The van der Waals surface area contributed by atoms with E-state index in [1.54, 1.807) is 0 Å². The Hall–Kier alpha value is -2.64. The molecule has 0 bridgehead atoms. The van der Waals surface area contributed by atoms with Crippen LogP contribution in [0.1, 0.15) is 23.2 Å². The average Bonchev–Trinajstić information content (AvgIpc) is 2.42. The summed E-state index contributed by atoms with van der Waals surface area (Å²) in [4.78, 5) is 32.2. The van der Waals surface area contributed by atoms with Gasteiger partial charge in [0.05, 0.1) is 10.5 Å². The first-order chi connectivity index (χ1) is 9.45. The summed E-state index contributed by atoms with van der Waals surface area (Å²) >= 11 is 0. The molecule has 1 aromatic rings. The lowest BCUT2D eigenvalue weighted by Crippen LogP contribution is -2.20. The number of hydrogen-bond donors (Lipinski definition) is 3. The summed E-state index contributed by atoms with van der Waals surface area (Å²) in [6, 6.07) is 3.90. The Kier molecular flexibility index (Phi) is 5.45. The van der Waals surface area contributed by atoms with E-state index >= 15 is 0 Å². The van der Waals surface area contributed by atoms with Crippen LogP contribution in [0.5, 0.6) is 0 Å². The molecule has 0 aromatic heterocycles. The van der Waals surface area contributed by atoms with Crippen LogP contribution in [0.25, 0.3) is 0 Å². The predicted molar refractivity (Wildman–Crippen MR) is 71.8 cm³/mol. The molecule has 1 aromatic carbocycles. The van der Waals surface area contributed by atoms with Crippen molar-refractivity contribution in [1.29, 1.82) is 0 Å². The Morgan fingerprint density at radius 3 is 2.65 bits per heavy atom. The number of aliphatic carboxylic acids is 1. The molecule has 0 spiro atoms. The second-order valence-corrected chi connectivity index (χ2v) is 3.99. The molecule has 0 atom stereocenters. The molecular weight excluding hydrogens is 266 g/mol. The molecule has 20 heavy (non-hydrogen) atoms. The summed E-state index contributed by atoms with van der Waals surface area (Å²) in [5, 5.41) is 24.5. The minimum absolute atomic E-state index is 0.00922. The Morgan fingerprint density at radius 2 is 2.10 bits per heavy atom. The van der Waals surface area contributed by atoms with Gasteiger partial charge in [0.25, 0.3) is 11.6 Å². The zero-order valence-electron chi connectivity index (χ0n) is 10.9. The van der Waals surface area contributed by atoms with E-state index in [4.69, 9.17) is 5.11 Å². The third kappa shape index (κ3) is 4.23. The van der Waals surface area contributed by atoms with Crippen LogP contribution in [-0.2, 0) is 4.79 Å². The Labute approximate surface area is 114 Å². The van der Waals surface area contributed by atoms with Crippen molar-refractivity contribution in [3.05, 3.63) is 33.9 Å². The summed E-state index contributed by atoms with van der Waals surface area (Å²) in [7, 11) is 1.43. The van der Waals surface area contributed by atoms with Crippen LogP contribution in [0, 0.1) is 10.1 Å². The molecule has 0 aliphatic rings. The summed E-state index contributed by atoms with van der Waals surface area (Å²) < 4.78 is 0. The van der Waals surface area contributed by atoms with Crippen molar-refractivity contribution in [3.8, 4) is 0 Å². The first-order valence-corrected chi connectivity index (χ1v) is 5.92. The number of carbonyl (C=O) groups excluding carboxylic acids is 1. The zero-order chi connectivity index (χ0) is 15.1. The molecule has 1 amide bonds. The number of amides is 1. The van der Waals surface area contributed by atoms with Gasteiger partial charge in [-0.25, -0.2) is 0 Å². The third-order valence-corrected chi connectivity index (χ3v) is 2.57. The number of nitro groups is 1. The molecule has 0 saturated heterocycles. The van der Waals surface area contributed by atoms with E-state index < -0.39 is 16.8 Å². The number of hydrogen-bond acceptors (Lipinski definition) is 5. The van der Waals surface area contributed by atoms with Crippen LogP contribution >= 0.6 is 0 Å². The number of rotatable bonds is 7. The molecule has 8 nitrogen and oxygen atoms in total. The van der Waals surface area contributed by atoms with Gasteiger partial charge in [0, 0.05) is 37.8 Å². The second-order valence-electron chi connectivity index (χ2n) is 3.99. The molecule has 0 aliphatic heterocycles. The lowest BCUT2D eigenvalue weighted by molar-refractivity contribution is -0.384. The molecule has 0 unspecified atom stereocenters. The van der Waals surface area contributed by atoms with Crippen LogP contribution in [0.3, 0.4) is 0 Å². The van der Waals surface area contributed by atoms with E-state index in [0.717, 1.165) is 0 Å². The van der Waals surface area contributed by atoms with Gasteiger partial charge in [0.1, 0.15) is 0 Å². The smallest absolute Gasteiger partial charge is 0.303 e. The minimum atomic E-state index is -0.901. The molecule has 0 saturated carbocycles. The maximum absolute atomic E-state index is 11.7. The topological polar surface area (TPSA) is 122 Å². The highest BCUT2D eigenvalue weighted by atomic mass is 16.6. The van der Waals surface area contributed by atoms with Gasteiger partial charge >= 0.3 is 5.97 Å². The van der Waals surface area contributed by atoms with Crippen molar-refractivity contribution in [2.45, 2.75) is 12.8 Å². The molecule has 0 fully saturated rings. The monoisotopic (exact) mass is 281 g/mol. The SMILES string of the molecule is CNC(=O)c1cc([N+](=O)[O-])ccc1NCCCC(=O)O. The van der Waals surface area contributed by atoms with Gasteiger partial charge in [-0.1, -0.05) is 0 Å². The standard InChI is InChI=1S/C12H15N3O5/c1-13-12(18)9-7-8(15(19)20)4-5-10(9)14-6-2-3-11(16)17/h4-5,7,14H,2-3,6H2,1H3,(H,13,18)(H,16,17). The average molecular weight is 281 g/mol. The van der Waals surface area contributed by atoms with E-state index in [1.807, 2.05) is 0 Å². The van der Waals surface area contributed by atoms with Crippen molar-refractivity contribution in [1.82, 2.24) is 5.32 Å². The van der Waals surface area contributed by atoms with E-state index in [2.05, 4.69) is 10.6 Å². The number of non-ortho nitro benzene ring substituents is 1. The molecule has 1 rings (SSSR count). The Balaban J connectivity index is 2.86. The lowest BCUT2D eigenvalue weighted by atomic mass is 10.1. The van der Waals surface area contributed by atoms with Crippen molar-refractivity contribution in [3.63, 3.8) is 0 Å². The fourth-order valence-electron chi connectivity index (χ4n) is 1.59. The third-order valence-electron chi connectivity index (χ3n) is 2.57. The number of carboxylic acid groups (broad SMARTS) is 1. The molecule has 3 N–H and O–H groups in total. The summed E-state index contributed by atoms with van der Waals surface area (Å²) in [5.41, 5.74) is 0.400. The summed E-state index contributed by atoms with van der Waals surface area (Å²) in [6.45, 7) is 0.355. The van der Waals surface area contributed by atoms with Gasteiger partial charge in [0.2, 0.25) is 0 Å². The van der Waals surface area contributed by atoms with Crippen LogP contribution in [0.15, 0.2) is 18.2 Å². The van der Waals surface area contributed by atoms with Crippen molar-refractivity contribution >= 4 is 23.3 Å². The number of nitrogens with zero attached hydrogens (tertiary/aromatic N) is 1. The van der Waals surface area contributed by atoms with Gasteiger partial charge in [-0.15, -0.1) is 0 Å². The van der Waals surface area contributed by atoms with Gasteiger partial charge in [-0.05, 0) is 12.5 Å². The highest BCUT2D eigenvalue weighted by molar-refractivity contribution is 6.00. The van der Waals surface area contributed by atoms with E-state index in [-0.39, 0.29) is 17.7 Å². The van der Waals surface area contributed by atoms with Crippen molar-refractivity contribution in [2.75, 3.05) is 18.9 Å². The van der Waals surface area contributed by atoms with E-state index in [9.17, 15) is 19.7 Å². The molecule has 0 radical (unpaired) electrons. The van der Waals surface area contributed by atoms with Crippen LogP contribution in [0.4, 0.5) is 11.4 Å². The number of benzene rings is 1. The fraction of sp³-hybridized carbons (Fsp3) is 0.333. The van der Waals surface area contributed by atoms with Gasteiger partial charge < -0.3 is 15.7 Å². The number of nitrogens with one attached hydrogen (secondary N) is 2. The molecule has 0 aliphatic carbocycles. The molecule has 8 heteroatoms. The highest BCUT2D eigenvalue weighted by Crippen LogP contribution is 2.22. The van der Waals surface area contributed by atoms with E-state index in [1.165, 1.54) is 25.2 Å². The quantitative estimate of drug-likeness (QED) is 0.392. The Morgan fingerprint density at radius 1 is 1.40 bits per heavy atom. The Bertz CT molecular complexity index is 530. The largest absolute Gasteiger partial charge is 0.481 e. The van der Waals surface area contributed by atoms with Crippen molar-refractivity contribution in [2.24, 2.45) is 0 Å². The number of carboxylic acids is 1. The number of carbonyl (C=O) groups is 2. The fourth-order valence-corrected chi connectivity index (χ4v) is 1.59. The van der Waals surface area contributed by atoms with E-state index in [0.29, 0.717) is 18.7 Å². The van der Waals surface area contributed by atoms with Gasteiger partial charge in [0.15, 0.2) is 0 Å². The highest BCUT2D eigenvalue weighted by Gasteiger charge is 2.15. The zero-order valence-corrected chi connectivity index (χ0v) is 10.9. The molecule has 108 valence electrons. The van der Waals surface area contributed by atoms with Crippen LogP contribution in [-0.4, -0.2) is 35.5 Å². The maximum Gasteiger partial charge on any atom is 0.303 e. The number of anilines is 1. The predicted octanol–water partition coefficient (Wildman–Crippen LogP) is 1.23. The van der Waals surface area contributed by atoms with Crippen molar-refractivity contribution < 1.29 is 19.6 Å². The maximum atomic E-state index is 11.7. The number of nitro benzene ring substituents is 1. The normalized spacial score (nSPS) is 9.85. The van der Waals surface area contributed by atoms with Crippen LogP contribution in [0.2, 0.25) is 0 Å². The lowest BCUT2D eigenvalue weighted by Gasteiger charge is -2.10.